The summed E-state index contributed by atoms with van der Waals surface area (Å²) in [5, 5.41) is 13.9. The minimum atomic E-state index is -0.503. The van der Waals surface area contributed by atoms with Crippen LogP contribution in [0.4, 0.5) is 17.3 Å². The van der Waals surface area contributed by atoms with Gasteiger partial charge in [0.15, 0.2) is 0 Å². The van der Waals surface area contributed by atoms with Gasteiger partial charge < -0.3 is 24.8 Å². The maximum Gasteiger partial charge on any atom is 0.227 e. The molecule has 0 spiro atoms. The van der Waals surface area contributed by atoms with Crippen LogP contribution in [0.3, 0.4) is 0 Å². The Bertz CT molecular complexity index is 1310. The third-order valence-corrected chi connectivity index (χ3v) is 7.69. The molecule has 2 aromatic carbocycles. The third kappa shape index (κ3) is 6.06. The Balaban J connectivity index is 1.36. The predicted molar refractivity (Wildman–Crippen MR) is 149 cm³/mol. The lowest BCUT2D eigenvalue weighted by molar-refractivity contribution is -0.123. The summed E-state index contributed by atoms with van der Waals surface area (Å²) in [4.78, 5) is 27.0. The van der Waals surface area contributed by atoms with E-state index in [9.17, 15) is 9.90 Å². The number of Topliss-reactive ketones (excluding diaryl/α,β-unsaturated/α-hetero) is 1. The molecule has 3 aromatic rings. The number of aliphatic hydroxyl groups excluding tert-OH is 1. The van der Waals surface area contributed by atoms with Gasteiger partial charge in [-0.3, -0.25) is 9.69 Å². The van der Waals surface area contributed by atoms with Gasteiger partial charge in [0.2, 0.25) is 5.95 Å². The molecule has 2 saturated heterocycles. The normalized spacial score (nSPS) is 22.6. The largest absolute Gasteiger partial charge is 0.494 e. The van der Waals surface area contributed by atoms with Crippen molar-refractivity contribution in [1.29, 1.82) is 0 Å². The van der Waals surface area contributed by atoms with E-state index in [1.54, 1.807) is 6.20 Å². The molecule has 2 fully saturated rings. The topological polar surface area (TPSA) is 100 Å². The van der Waals surface area contributed by atoms with Crippen molar-refractivity contribution in [3.05, 3.63) is 60.3 Å². The van der Waals surface area contributed by atoms with Crippen molar-refractivity contribution in [2.45, 2.75) is 44.4 Å². The summed E-state index contributed by atoms with van der Waals surface area (Å²) in [6.45, 7) is 4.61. The number of hydrogen-bond donors (Lipinski definition) is 2. The number of carbonyl (C=O) groups excluding carboxylic acids is 1. The number of ether oxygens (including phenoxy) is 2. The van der Waals surface area contributed by atoms with Crippen LogP contribution in [-0.2, 0) is 16.1 Å². The van der Waals surface area contributed by atoms with Crippen LogP contribution in [0.5, 0.6) is 5.75 Å². The second-order valence-corrected chi connectivity index (χ2v) is 10.5. The zero-order valence-corrected chi connectivity index (χ0v) is 22.1. The van der Waals surface area contributed by atoms with Crippen LogP contribution in [-0.4, -0.2) is 77.4 Å². The smallest absolute Gasteiger partial charge is 0.227 e. The number of anilines is 3. The Kier molecular flexibility index (Phi) is 7.71. The van der Waals surface area contributed by atoms with E-state index in [-0.39, 0.29) is 11.8 Å². The monoisotopic (exact) mass is 529 g/mol. The molecule has 39 heavy (non-hydrogen) atoms. The van der Waals surface area contributed by atoms with Crippen LogP contribution >= 0.6 is 0 Å². The Hall–Kier alpha value is -3.53. The first-order valence-corrected chi connectivity index (χ1v) is 13.9. The summed E-state index contributed by atoms with van der Waals surface area (Å²) < 4.78 is 11.6. The van der Waals surface area contributed by atoms with Gasteiger partial charge in [-0.2, -0.15) is 0 Å². The Morgan fingerprint density at radius 2 is 1.92 bits per heavy atom. The van der Waals surface area contributed by atoms with Crippen LogP contribution in [0.25, 0.3) is 11.3 Å². The summed E-state index contributed by atoms with van der Waals surface area (Å²) in [5.41, 5.74) is 4.86. The molecule has 4 heterocycles. The van der Waals surface area contributed by atoms with Gasteiger partial charge in [0.1, 0.15) is 11.5 Å². The van der Waals surface area contributed by atoms with Crippen LogP contribution in [0.1, 0.15) is 31.2 Å². The highest BCUT2D eigenvalue weighted by Gasteiger charge is 2.36. The van der Waals surface area contributed by atoms with Gasteiger partial charge in [-0.05, 0) is 61.2 Å². The van der Waals surface area contributed by atoms with E-state index in [4.69, 9.17) is 14.5 Å². The average molecular weight is 530 g/mol. The third-order valence-electron chi connectivity index (χ3n) is 7.69. The number of carbonyl (C=O) groups is 1. The predicted octanol–water partition coefficient (Wildman–Crippen LogP) is 3.79. The van der Waals surface area contributed by atoms with Gasteiger partial charge in [-0.1, -0.05) is 12.1 Å². The molecule has 6 bridgehead atoms. The molecule has 9 nitrogen and oxygen atoms in total. The molecule has 0 aliphatic carbocycles. The average Bonchev–Trinajstić information content (AvgIpc) is 3.33. The number of aromatic nitrogens is 2. The van der Waals surface area contributed by atoms with E-state index in [2.05, 4.69) is 32.2 Å². The van der Waals surface area contributed by atoms with Gasteiger partial charge in [0, 0.05) is 55.7 Å². The van der Waals surface area contributed by atoms with E-state index in [1.807, 2.05) is 36.4 Å². The molecular formula is C30H35N5O4. The van der Waals surface area contributed by atoms with Crippen molar-refractivity contribution in [3.8, 4) is 17.0 Å². The van der Waals surface area contributed by atoms with E-state index in [1.165, 1.54) is 0 Å². The van der Waals surface area contributed by atoms with E-state index in [0.29, 0.717) is 51.7 Å². The highest BCUT2D eigenvalue weighted by atomic mass is 16.5. The first-order chi connectivity index (χ1) is 19.1. The van der Waals surface area contributed by atoms with E-state index < -0.39 is 6.10 Å². The van der Waals surface area contributed by atoms with Crippen molar-refractivity contribution in [2.24, 2.45) is 0 Å². The van der Waals surface area contributed by atoms with E-state index >= 15 is 0 Å². The second kappa shape index (κ2) is 11.7. The van der Waals surface area contributed by atoms with Crippen LogP contribution < -0.4 is 15.0 Å². The highest BCUT2D eigenvalue weighted by molar-refractivity contribution is 5.84. The molecule has 6 rings (SSSR count). The van der Waals surface area contributed by atoms with E-state index in [0.717, 1.165) is 59.9 Å². The first-order valence-electron chi connectivity index (χ1n) is 13.9. The lowest BCUT2D eigenvalue weighted by atomic mass is 10.0. The minimum absolute atomic E-state index is 0.193. The van der Waals surface area contributed by atoms with Crippen molar-refractivity contribution in [1.82, 2.24) is 14.9 Å². The van der Waals surface area contributed by atoms with Gasteiger partial charge in [-0.25, -0.2) is 9.97 Å². The maximum atomic E-state index is 13.3. The van der Waals surface area contributed by atoms with Crippen molar-refractivity contribution < 1.29 is 19.4 Å². The fourth-order valence-corrected chi connectivity index (χ4v) is 5.72. The molecule has 204 valence electrons. The number of rotatable bonds is 1. The number of hydrogen-bond acceptors (Lipinski definition) is 9. The molecular weight excluding hydrogens is 494 g/mol. The fourth-order valence-electron chi connectivity index (χ4n) is 5.72. The summed E-state index contributed by atoms with van der Waals surface area (Å²) in [6.07, 6.45) is 3.76. The zero-order valence-electron chi connectivity index (χ0n) is 22.1. The van der Waals surface area contributed by atoms with Crippen LogP contribution in [0, 0.1) is 0 Å². The number of morpholine rings is 1. The standard InChI is InChI=1S/C30H35N5O4/c36-24-18-28-29(37)6-1-2-13-39-25-5-3-4-21(17-25)26-9-10-31-30(33-26)32-23-7-8-27(34-11-14-38-15-12-34)22(16-23)19-35(28)20-24/h3-5,7-10,16-17,24,28,36H,1-2,6,11-15,18-20H2,(H,31,32,33)/t24-,28+/m1/s1. The first kappa shape index (κ1) is 25.7. The number of aliphatic hydroxyl groups is 1. The molecule has 2 N–H and O–H groups in total. The van der Waals surface area contributed by atoms with Crippen LogP contribution in [0.15, 0.2) is 54.7 Å². The summed E-state index contributed by atoms with van der Waals surface area (Å²) in [7, 11) is 0. The number of nitrogens with one attached hydrogen (secondary N) is 1. The lowest BCUT2D eigenvalue weighted by Crippen LogP contribution is -2.39. The number of benzene rings is 2. The van der Waals surface area contributed by atoms with Gasteiger partial charge in [-0.15, -0.1) is 0 Å². The highest BCUT2D eigenvalue weighted by Crippen LogP contribution is 2.31. The Morgan fingerprint density at radius 3 is 2.82 bits per heavy atom. The van der Waals surface area contributed by atoms with Crippen LogP contribution in [0.2, 0.25) is 0 Å². The maximum absolute atomic E-state index is 13.3. The Morgan fingerprint density at radius 1 is 1.03 bits per heavy atom. The lowest BCUT2D eigenvalue weighted by Gasteiger charge is -2.32. The molecule has 0 radical (unpaired) electrons. The summed E-state index contributed by atoms with van der Waals surface area (Å²) in [6, 6.07) is 15.8. The molecule has 3 aliphatic rings. The van der Waals surface area contributed by atoms with Gasteiger partial charge in [0.25, 0.3) is 0 Å². The number of nitrogens with zero attached hydrogens (tertiary/aromatic N) is 4. The quantitative estimate of drug-likeness (QED) is 0.488. The summed E-state index contributed by atoms with van der Waals surface area (Å²) >= 11 is 0. The zero-order chi connectivity index (χ0) is 26.6. The molecule has 0 unspecified atom stereocenters. The molecule has 3 aliphatic heterocycles. The molecule has 0 amide bonds. The SMILES string of the molecule is O=C1CCCCOc2cccc(c2)-c2ccnc(n2)Nc2ccc(N3CCOCC3)c(c2)CN2C[C@H](O)C[C@@H]12. The number of ketones is 1. The van der Waals surface area contributed by atoms with Crippen molar-refractivity contribution in [3.63, 3.8) is 0 Å². The molecule has 9 heteroatoms. The molecule has 2 atom stereocenters. The molecule has 0 saturated carbocycles. The molecule has 1 aromatic heterocycles. The minimum Gasteiger partial charge on any atom is -0.494 e. The van der Waals surface area contributed by atoms with Crippen molar-refractivity contribution in [2.75, 3.05) is 49.7 Å². The second-order valence-electron chi connectivity index (χ2n) is 10.5. The van der Waals surface area contributed by atoms with Gasteiger partial charge in [0.05, 0.1) is 37.7 Å². The van der Waals surface area contributed by atoms with Crippen molar-refractivity contribution >= 4 is 23.1 Å². The van der Waals surface area contributed by atoms with Gasteiger partial charge >= 0.3 is 0 Å². The number of fused-ring (bicyclic) bond motifs is 8. The fraction of sp³-hybridized carbons (Fsp3) is 0.433. The Labute approximate surface area is 228 Å². The summed E-state index contributed by atoms with van der Waals surface area (Å²) in [5.74, 6) is 1.47.